The van der Waals surface area contributed by atoms with Gasteiger partial charge in [0.05, 0.1) is 6.61 Å². The Hall–Kier alpha value is 0.310. The zero-order valence-electron chi connectivity index (χ0n) is 6.10. The van der Waals surface area contributed by atoms with E-state index in [1.165, 1.54) is 0 Å². The van der Waals surface area contributed by atoms with Crippen LogP contribution in [0.4, 0.5) is 0 Å². The van der Waals surface area contributed by atoms with Gasteiger partial charge in [-0.05, 0) is 6.42 Å². The van der Waals surface area contributed by atoms with E-state index in [1.807, 2.05) is 0 Å². The van der Waals surface area contributed by atoms with Crippen molar-refractivity contribution in [3.05, 3.63) is 0 Å². The predicted octanol–water partition coefficient (Wildman–Crippen LogP) is 0.141. The Bertz CT molecular complexity index is 236. The molecule has 0 fully saturated rings. The average molecular weight is 237 g/mol. The first-order valence-electron chi connectivity index (χ1n) is 2.98. The highest BCUT2D eigenvalue weighted by atomic mass is 35.5. The average Bonchev–Trinajstić information content (AvgIpc) is 1.84. The third kappa shape index (κ3) is 6.99. The van der Waals surface area contributed by atoms with Crippen LogP contribution in [0.15, 0.2) is 0 Å². The van der Waals surface area contributed by atoms with Gasteiger partial charge in [-0.1, -0.05) is 0 Å². The maximum atomic E-state index is 10.7. The van der Waals surface area contributed by atoms with E-state index >= 15 is 0 Å². The maximum Gasteiger partial charge on any atom is 0.281 e. The zero-order chi connectivity index (χ0) is 9.61. The summed E-state index contributed by atoms with van der Waals surface area (Å²) in [7, 11) is -3.86. The molecule has 12 heavy (non-hydrogen) atoms. The zero-order valence-corrected chi connectivity index (χ0v) is 8.49. The molecule has 0 aliphatic carbocycles. The summed E-state index contributed by atoms with van der Waals surface area (Å²) in [4.78, 5) is 0. The van der Waals surface area contributed by atoms with E-state index in [0.717, 1.165) is 0 Å². The SMILES string of the molecule is O=S(O)CS(=O)(=O)OCCCCl. The molecule has 74 valence electrons. The van der Waals surface area contributed by atoms with Crippen LogP contribution >= 0.6 is 11.6 Å². The Morgan fingerprint density at radius 2 is 2.08 bits per heavy atom. The maximum absolute atomic E-state index is 10.7. The Morgan fingerprint density at radius 3 is 2.50 bits per heavy atom. The quantitative estimate of drug-likeness (QED) is 0.307. The summed E-state index contributed by atoms with van der Waals surface area (Å²) in [5.41, 5.74) is 0. The van der Waals surface area contributed by atoms with E-state index in [9.17, 15) is 12.6 Å². The fourth-order valence-electron chi connectivity index (χ4n) is 0.398. The summed E-state index contributed by atoms with van der Waals surface area (Å²) in [6, 6.07) is 0. The standard InChI is InChI=1S/C4H9ClO5S2/c5-2-1-3-10-12(8,9)4-11(6)7/h1-4H2,(H,6,7). The third-order valence-electron chi connectivity index (χ3n) is 0.786. The monoisotopic (exact) mass is 236 g/mol. The lowest BCUT2D eigenvalue weighted by Gasteiger charge is -2.00. The molecule has 0 aliphatic heterocycles. The largest absolute Gasteiger partial charge is 0.305 e. The van der Waals surface area contributed by atoms with Gasteiger partial charge in [0.25, 0.3) is 10.1 Å². The predicted molar refractivity (Wildman–Crippen MR) is 45.8 cm³/mol. The van der Waals surface area contributed by atoms with Crippen LogP contribution in [0.25, 0.3) is 0 Å². The van der Waals surface area contributed by atoms with E-state index in [2.05, 4.69) is 4.18 Å². The Labute approximate surface area is 78.5 Å². The van der Waals surface area contributed by atoms with Gasteiger partial charge in [-0.2, -0.15) is 8.42 Å². The second-order valence-electron chi connectivity index (χ2n) is 1.86. The summed E-state index contributed by atoms with van der Waals surface area (Å²) < 4.78 is 44.0. The van der Waals surface area contributed by atoms with Crippen molar-refractivity contribution >= 4 is 32.8 Å². The van der Waals surface area contributed by atoms with Gasteiger partial charge in [0.2, 0.25) is 0 Å². The molecule has 8 heteroatoms. The topological polar surface area (TPSA) is 80.7 Å². The summed E-state index contributed by atoms with van der Waals surface area (Å²) >= 11 is 2.87. The lowest BCUT2D eigenvalue weighted by Crippen LogP contribution is -2.14. The fraction of sp³-hybridized carbons (Fsp3) is 1.00. The van der Waals surface area contributed by atoms with E-state index in [1.54, 1.807) is 0 Å². The summed E-state index contributed by atoms with van der Waals surface area (Å²) in [5, 5.41) is -0.894. The highest BCUT2D eigenvalue weighted by molar-refractivity contribution is 8.00. The molecule has 0 radical (unpaired) electrons. The van der Waals surface area contributed by atoms with Gasteiger partial charge in [-0.3, -0.25) is 4.18 Å². The van der Waals surface area contributed by atoms with Crippen molar-refractivity contribution in [1.82, 2.24) is 0 Å². The van der Waals surface area contributed by atoms with Gasteiger partial charge >= 0.3 is 0 Å². The molecule has 0 aromatic heterocycles. The van der Waals surface area contributed by atoms with Gasteiger partial charge in [0.15, 0.2) is 16.2 Å². The lowest BCUT2D eigenvalue weighted by atomic mass is 10.5. The Morgan fingerprint density at radius 1 is 1.50 bits per heavy atom. The molecule has 0 aromatic rings. The smallest absolute Gasteiger partial charge is 0.281 e. The normalized spacial score (nSPS) is 14.5. The molecular weight excluding hydrogens is 228 g/mol. The second-order valence-corrected chi connectivity index (χ2v) is 5.18. The molecule has 0 aliphatic rings. The first kappa shape index (κ1) is 12.3. The van der Waals surface area contributed by atoms with E-state index in [4.69, 9.17) is 16.2 Å². The van der Waals surface area contributed by atoms with Crippen molar-refractivity contribution in [2.75, 3.05) is 17.6 Å². The molecule has 0 saturated heterocycles. The fourth-order valence-corrected chi connectivity index (χ4v) is 2.14. The molecule has 0 rings (SSSR count). The van der Waals surface area contributed by atoms with Crippen LogP contribution in [0.3, 0.4) is 0 Å². The van der Waals surface area contributed by atoms with E-state index in [-0.39, 0.29) is 12.5 Å². The molecule has 1 unspecified atom stereocenters. The van der Waals surface area contributed by atoms with Gasteiger partial charge in [0, 0.05) is 5.88 Å². The van der Waals surface area contributed by atoms with Crippen molar-refractivity contribution in [2.24, 2.45) is 0 Å². The Kier molecular flexibility index (Phi) is 6.02. The molecule has 0 heterocycles. The molecule has 0 bridgehead atoms. The molecule has 0 amide bonds. The second kappa shape index (κ2) is 5.87. The van der Waals surface area contributed by atoms with Crippen molar-refractivity contribution < 1.29 is 21.4 Å². The summed E-state index contributed by atoms with van der Waals surface area (Å²) in [5.74, 6) is 0.289. The van der Waals surface area contributed by atoms with Crippen LogP contribution in [0, 0.1) is 0 Å². The van der Waals surface area contributed by atoms with Gasteiger partial charge in [-0.15, -0.1) is 11.6 Å². The van der Waals surface area contributed by atoms with E-state index < -0.39 is 26.3 Å². The molecule has 1 N–H and O–H groups in total. The van der Waals surface area contributed by atoms with Crippen molar-refractivity contribution in [3.63, 3.8) is 0 Å². The van der Waals surface area contributed by atoms with Crippen molar-refractivity contribution in [3.8, 4) is 0 Å². The first-order valence-corrected chi connectivity index (χ1v) is 6.37. The number of halogens is 1. The van der Waals surface area contributed by atoms with E-state index in [0.29, 0.717) is 6.42 Å². The van der Waals surface area contributed by atoms with Crippen LogP contribution in [0.2, 0.25) is 0 Å². The summed E-state index contributed by atoms with van der Waals surface area (Å²) in [6.45, 7) is -0.0525. The van der Waals surface area contributed by atoms with Crippen molar-refractivity contribution in [2.45, 2.75) is 6.42 Å². The van der Waals surface area contributed by atoms with Crippen LogP contribution in [-0.4, -0.2) is 34.8 Å². The number of hydrogen-bond donors (Lipinski definition) is 1. The van der Waals surface area contributed by atoms with Crippen molar-refractivity contribution in [1.29, 1.82) is 0 Å². The highest BCUT2D eigenvalue weighted by Crippen LogP contribution is 1.97. The first-order chi connectivity index (χ1) is 5.48. The van der Waals surface area contributed by atoms with Gasteiger partial charge in [-0.25, -0.2) is 4.21 Å². The molecule has 0 aromatic carbocycles. The third-order valence-corrected chi connectivity index (χ3v) is 3.54. The molecule has 0 saturated carbocycles. The molecular formula is C4H9ClO5S2. The minimum atomic E-state index is -3.86. The van der Waals surface area contributed by atoms with Gasteiger partial charge in [0.1, 0.15) is 0 Å². The van der Waals surface area contributed by atoms with Gasteiger partial charge < -0.3 is 4.55 Å². The minimum Gasteiger partial charge on any atom is -0.305 e. The minimum absolute atomic E-state index is 0.0525. The van der Waals surface area contributed by atoms with Crippen LogP contribution < -0.4 is 0 Å². The van der Waals surface area contributed by atoms with Crippen LogP contribution in [0.1, 0.15) is 6.42 Å². The molecule has 1 atom stereocenters. The van der Waals surface area contributed by atoms with Crippen LogP contribution in [-0.2, 0) is 25.4 Å². The summed E-state index contributed by atoms with van der Waals surface area (Å²) in [6.07, 6.45) is 0.388. The lowest BCUT2D eigenvalue weighted by molar-refractivity contribution is 0.321. The molecule has 5 nitrogen and oxygen atoms in total. The number of rotatable bonds is 6. The highest BCUT2D eigenvalue weighted by Gasteiger charge is 2.14. The number of alkyl halides is 1. The van der Waals surface area contributed by atoms with Crippen LogP contribution in [0.5, 0.6) is 0 Å². The molecule has 0 spiro atoms. The Balaban J connectivity index is 3.81. The number of hydrogen-bond acceptors (Lipinski definition) is 4.